The SMILES string of the molecule is CC1=C[C@@H]2c3cccc4[nH]c(SCc5ccccc5)c(c34)C[C@H]2N(C)C1. The van der Waals surface area contributed by atoms with Gasteiger partial charge in [-0.1, -0.05) is 54.1 Å². The summed E-state index contributed by atoms with van der Waals surface area (Å²) in [6.45, 7) is 3.35. The second-order valence-corrected chi connectivity index (χ2v) is 8.69. The first-order chi connectivity index (χ1) is 12.7. The lowest BCUT2D eigenvalue weighted by Gasteiger charge is -2.41. The Morgan fingerprint density at radius 1 is 1.12 bits per heavy atom. The zero-order valence-electron chi connectivity index (χ0n) is 15.3. The van der Waals surface area contributed by atoms with Crippen LogP contribution < -0.4 is 0 Å². The van der Waals surface area contributed by atoms with Gasteiger partial charge in [-0.15, -0.1) is 11.8 Å². The first kappa shape index (κ1) is 16.2. The van der Waals surface area contributed by atoms with E-state index in [1.165, 1.54) is 38.2 Å². The van der Waals surface area contributed by atoms with Crippen LogP contribution >= 0.6 is 11.8 Å². The summed E-state index contributed by atoms with van der Waals surface area (Å²) in [5, 5.41) is 2.83. The van der Waals surface area contributed by atoms with Gasteiger partial charge >= 0.3 is 0 Å². The maximum absolute atomic E-state index is 3.73. The van der Waals surface area contributed by atoms with Gasteiger partial charge in [0.1, 0.15) is 0 Å². The minimum absolute atomic E-state index is 0.521. The Morgan fingerprint density at radius 3 is 2.81 bits per heavy atom. The second-order valence-electron chi connectivity index (χ2n) is 7.70. The molecule has 3 heteroatoms. The molecule has 0 fully saturated rings. The molecule has 2 atom stereocenters. The highest BCUT2D eigenvalue weighted by atomic mass is 32.2. The fourth-order valence-electron chi connectivity index (χ4n) is 4.69. The van der Waals surface area contributed by atoms with Crippen LogP contribution in [-0.4, -0.2) is 29.5 Å². The Labute approximate surface area is 159 Å². The molecule has 2 nitrogen and oxygen atoms in total. The van der Waals surface area contributed by atoms with Crippen LogP contribution in [0, 0.1) is 0 Å². The first-order valence-electron chi connectivity index (χ1n) is 9.38. The first-order valence-corrected chi connectivity index (χ1v) is 10.4. The third-order valence-corrected chi connectivity index (χ3v) is 6.98. The number of thioether (sulfide) groups is 1. The molecule has 132 valence electrons. The van der Waals surface area contributed by atoms with Gasteiger partial charge in [-0.05, 0) is 43.1 Å². The van der Waals surface area contributed by atoms with Crippen molar-refractivity contribution in [1.82, 2.24) is 9.88 Å². The average Bonchev–Trinajstić information content (AvgIpc) is 3.01. The van der Waals surface area contributed by atoms with E-state index in [0.717, 1.165) is 18.7 Å². The zero-order chi connectivity index (χ0) is 17.7. The zero-order valence-corrected chi connectivity index (χ0v) is 16.1. The standard InChI is InChI=1S/C23H24N2S/c1-15-11-18-17-9-6-10-20-22(17)19(12-21(18)25(2)13-15)23(24-20)26-14-16-7-4-3-5-8-16/h3-11,18,21,24H,12-14H2,1-2H3/t18-,21-/m1/s1. The number of nitrogens with zero attached hydrogens (tertiary/aromatic N) is 1. The highest BCUT2D eigenvalue weighted by Crippen LogP contribution is 2.45. The average molecular weight is 361 g/mol. The van der Waals surface area contributed by atoms with Gasteiger partial charge < -0.3 is 4.98 Å². The van der Waals surface area contributed by atoms with Gasteiger partial charge in [0.25, 0.3) is 0 Å². The van der Waals surface area contributed by atoms with Crippen LogP contribution in [-0.2, 0) is 12.2 Å². The van der Waals surface area contributed by atoms with Crippen molar-refractivity contribution in [3.63, 3.8) is 0 Å². The van der Waals surface area contributed by atoms with Crippen molar-refractivity contribution in [2.45, 2.75) is 36.1 Å². The van der Waals surface area contributed by atoms with Crippen LogP contribution in [0.1, 0.15) is 29.5 Å². The van der Waals surface area contributed by atoms with Gasteiger partial charge in [0, 0.05) is 35.2 Å². The predicted molar refractivity (Wildman–Crippen MR) is 111 cm³/mol. The largest absolute Gasteiger partial charge is 0.349 e. The molecule has 2 aliphatic rings. The molecule has 0 saturated carbocycles. The molecule has 1 N–H and O–H groups in total. The third kappa shape index (κ3) is 2.62. The molecule has 26 heavy (non-hydrogen) atoms. The number of nitrogens with one attached hydrogen (secondary N) is 1. The van der Waals surface area contributed by atoms with E-state index >= 15 is 0 Å². The second kappa shape index (κ2) is 6.33. The number of benzene rings is 2. The number of rotatable bonds is 3. The third-order valence-electron chi connectivity index (χ3n) is 5.86. The maximum Gasteiger partial charge on any atom is 0.0769 e. The Morgan fingerprint density at radius 2 is 1.96 bits per heavy atom. The van der Waals surface area contributed by atoms with Crippen LogP contribution in [0.5, 0.6) is 0 Å². The van der Waals surface area contributed by atoms with Gasteiger partial charge in [0.05, 0.1) is 5.03 Å². The quantitative estimate of drug-likeness (QED) is 0.501. The highest BCUT2D eigenvalue weighted by molar-refractivity contribution is 7.98. The molecular formula is C23H24N2S. The van der Waals surface area contributed by atoms with Gasteiger partial charge in [0.2, 0.25) is 0 Å². The highest BCUT2D eigenvalue weighted by Gasteiger charge is 2.36. The fraction of sp³-hybridized carbons (Fsp3) is 0.304. The molecule has 2 aromatic carbocycles. The van der Waals surface area contributed by atoms with E-state index in [0.29, 0.717) is 12.0 Å². The van der Waals surface area contributed by atoms with Gasteiger partial charge in [-0.25, -0.2) is 0 Å². The Bertz CT molecular complexity index is 986. The van der Waals surface area contributed by atoms with E-state index in [1.807, 2.05) is 11.8 Å². The smallest absolute Gasteiger partial charge is 0.0769 e. The monoisotopic (exact) mass is 360 g/mol. The minimum atomic E-state index is 0.521. The van der Waals surface area contributed by atoms with Gasteiger partial charge in [-0.3, -0.25) is 4.90 Å². The van der Waals surface area contributed by atoms with Crippen LogP contribution in [0.3, 0.4) is 0 Å². The van der Waals surface area contributed by atoms with E-state index in [2.05, 4.69) is 78.5 Å². The number of hydrogen-bond acceptors (Lipinski definition) is 2. The molecule has 1 aromatic heterocycles. The maximum atomic E-state index is 3.73. The van der Waals surface area contributed by atoms with Gasteiger partial charge in [0.15, 0.2) is 0 Å². The fourth-order valence-corrected chi connectivity index (χ4v) is 5.74. The summed E-state index contributed by atoms with van der Waals surface area (Å²) in [5.41, 5.74) is 7.19. The Balaban J connectivity index is 1.57. The van der Waals surface area contributed by atoms with Crippen molar-refractivity contribution in [2.75, 3.05) is 13.6 Å². The lowest BCUT2D eigenvalue weighted by Crippen LogP contribution is -2.43. The molecule has 0 unspecified atom stereocenters. The van der Waals surface area contributed by atoms with Crippen molar-refractivity contribution < 1.29 is 0 Å². The Hall–Kier alpha value is -1.97. The summed E-state index contributed by atoms with van der Waals surface area (Å²) in [7, 11) is 2.28. The molecule has 1 aliphatic heterocycles. The van der Waals surface area contributed by atoms with Crippen LogP contribution in [0.25, 0.3) is 10.9 Å². The summed E-state index contributed by atoms with van der Waals surface area (Å²) >= 11 is 1.94. The normalized spacial score (nSPS) is 22.3. The molecule has 0 radical (unpaired) electrons. The predicted octanol–water partition coefficient (Wildman–Crippen LogP) is 5.36. The van der Waals surface area contributed by atoms with E-state index in [9.17, 15) is 0 Å². The molecule has 1 aliphatic carbocycles. The van der Waals surface area contributed by atoms with Gasteiger partial charge in [-0.2, -0.15) is 0 Å². The molecular weight excluding hydrogens is 336 g/mol. The number of H-pyrrole nitrogens is 1. The van der Waals surface area contributed by atoms with E-state index in [-0.39, 0.29) is 0 Å². The number of fused-ring (bicyclic) bond motifs is 2. The molecule has 5 rings (SSSR count). The summed E-state index contributed by atoms with van der Waals surface area (Å²) in [4.78, 5) is 6.27. The van der Waals surface area contributed by atoms with E-state index in [4.69, 9.17) is 0 Å². The van der Waals surface area contributed by atoms with Crippen molar-refractivity contribution in [2.24, 2.45) is 0 Å². The van der Waals surface area contributed by atoms with Crippen molar-refractivity contribution >= 4 is 22.7 Å². The number of hydrogen-bond donors (Lipinski definition) is 1. The summed E-state index contributed by atoms with van der Waals surface area (Å²) in [5.74, 6) is 1.53. The molecule has 3 aromatic rings. The summed E-state index contributed by atoms with van der Waals surface area (Å²) in [6.07, 6.45) is 3.64. The van der Waals surface area contributed by atoms with Crippen molar-refractivity contribution in [1.29, 1.82) is 0 Å². The molecule has 0 bridgehead atoms. The van der Waals surface area contributed by atoms with E-state index in [1.54, 1.807) is 0 Å². The molecule has 0 saturated heterocycles. The number of likely N-dealkylation sites (N-methyl/N-ethyl adjacent to an activating group) is 1. The molecule has 2 heterocycles. The number of aromatic nitrogens is 1. The summed E-state index contributed by atoms with van der Waals surface area (Å²) in [6, 6.07) is 18.1. The Kier molecular flexibility index (Phi) is 3.95. The van der Waals surface area contributed by atoms with E-state index < -0.39 is 0 Å². The topological polar surface area (TPSA) is 19.0 Å². The minimum Gasteiger partial charge on any atom is -0.349 e. The van der Waals surface area contributed by atoms with Crippen LogP contribution in [0.15, 0.2) is 65.2 Å². The lowest BCUT2D eigenvalue weighted by molar-refractivity contribution is 0.224. The molecule has 0 spiro atoms. The number of aromatic amines is 1. The van der Waals surface area contributed by atoms with Crippen LogP contribution in [0.2, 0.25) is 0 Å². The lowest BCUT2D eigenvalue weighted by atomic mass is 9.77. The molecule has 0 amide bonds. The van der Waals surface area contributed by atoms with Crippen LogP contribution in [0.4, 0.5) is 0 Å². The summed E-state index contributed by atoms with van der Waals surface area (Å²) < 4.78 is 0. The van der Waals surface area contributed by atoms with Crippen molar-refractivity contribution in [3.05, 3.63) is 76.9 Å². The van der Waals surface area contributed by atoms with Crippen molar-refractivity contribution in [3.8, 4) is 0 Å².